The van der Waals surface area contributed by atoms with E-state index in [-0.39, 0.29) is 0 Å². The van der Waals surface area contributed by atoms with Gasteiger partial charge in [-0.25, -0.2) is 4.79 Å². The minimum absolute atomic E-state index is 0.409. The van der Waals surface area contributed by atoms with Crippen LogP contribution in [0.15, 0.2) is 65.2 Å². The molecule has 134 valence electrons. The molecule has 1 aliphatic carbocycles. The van der Waals surface area contributed by atoms with E-state index in [0.29, 0.717) is 12.3 Å². The van der Waals surface area contributed by atoms with Crippen LogP contribution in [0.3, 0.4) is 0 Å². The van der Waals surface area contributed by atoms with Gasteiger partial charge < -0.3 is 4.74 Å². The molecule has 0 bridgehead atoms. The van der Waals surface area contributed by atoms with E-state index in [0.717, 1.165) is 37.1 Å². The molecule has 0 atom stereocenters. The summed E-state index contributed by atoms with van der Waals surface area (Å²) in [6, 6.07) is 17.9. The standard InChI is InChI=1S/C22H24N2O2/c1-2-15-26-22(25)24-21-13-7-6-12-20(21)23-19-14-8-11-18(19)16-17-9-4-3-5-10-17/h3-7,9-10,12-13,16H,2,8,11,14-15H2,1H3,(H,24,25)/b18-16+,23-19?. The van der Waals surface area contributed by atoms with Gasteiger partial charge in [0, 0.05) is 5.71 Å². The zero-order valence-electron chi connectivity index (χ0n) is 15.1. The monoisotopic (exact) mass is 348 g/mol. The van der Waals surface area contributed by atoms with Crippen LogP contribution >= 0.6 is 0 Å². The predicted octanol–water partition coefficient (Wildman–Crippen LogP) is 5.99. The van der Waals surface area contributed by atoms with Crippen LogP contribution in [0.5, 0.6) is 0 Å². The first kappa shape index (κ1) is 17.9. The number of anilines is 1. The predicted molar refractivity (Wildman–Crippen MR) is 107 cm³/mol. The van der Waals surface area contributed by atoms with Crippen molar-refractivity contribution < 1.29 is 9.53 Å². The van der Waals surface area contributed by atoms with Crippen LogP contribution in [0.4, 0.5) is 16.2 Å². The lowest BCUT2D eigenvalue weighted by atomic mass is 10.1. The molecule has 0 radical (unpaired) electrons. The summed E-state index contributed by atoms with van der Waals surface area (Å²) in [6.45, 7) is 2.38. The van der Waals surface area contributed by atoms with Crippen molar-refractivity contribution >= 4 is 29.3 Å². The number of nitrogens with zero attached hydrogens (tertiary/aromatic N) is 1. The second-order valence-electron chi connectivity index (χ2n) is 6.27. The maximum absolute atomic E-state index is 11.9. The molecule has 1 fully saturated rings. The van der Waals surface area contributed by atoms with E-state index in [1.165, 1.54) is 11.1 Å². The highest BCUT2D eigenvalue weighted by atomic mass is 16.5. The number of benzene rings is 2. The molecule has 1 aliphatic rings. The van der Waals surface area contributed by atoms with E-state index >= 15 is 0 Å². The van der Waals surface area contributed by atoms with Gasteiger partial charge in [0.25, 0.3) is 0 Å². The van der Waals surface area contributed by atoms with Gasteiger partial charge >= 0.3 is 6.09 Å². The maximum atomic E-state index is 11.9. The number of ether oxygens (including phenoxy) is 1. The first-order chi connectivity index (χ1) is 12.8. The Kier molecular flexibility index (Phi) is 6.20. The number of carbonyl (C=O) groups is 1. The second kappa shape index (κ2) is 8.99. The number of rotatable bonds is 5. The fourth-order valence-electron chi connectivity index (χ4n) is 2.95. The average Bonchev–Trinajstić information content (AvgIpc) is 3.09. The van der Waals surface area contributed by atoms with Gasteiger partial charge in [0.05, 0.1) is 18.0 Å². The van der Waals surface area contributed by atoms with Gasteiger partial charge in [-0.05, 0) is 55.0 Å². The molecule has 0 aliphatic heterocycles. The van der Waals surface area contributed by atoms with Crippen LogP contribution in [-0.2, 0) is 4.74 Å². The molecule has 0 aromatic heterocycles. The summed E-state index contributed by atoms with van der Waals surface area (Å²) in [7, 11) is 0. The lowest BCUT2D eigenvalue weighted by molar-refractivity contribution is 0.161. The molecule has 1 amide bonds. The van der Waals surface area contributed by atoms with Crippen molar-refractivity contribution in [3.63, 3.8) is 0 Å². The Balaban J connectivity index is 1.82. The largest absolute Gasteiger partial charge is 0.449 e. The number of hydrogen-bond donors (Lipinski definition) is 1. The third-order valence-corrected chi connectivity index (χ3v) is 4.20. The number of aliphatic imine (C=N–C) groups is 1. The Bertz CT molecular complexity index is 810. The third-order valence-electron chi connectivity index (χ3n) is 4.20. The van der Waals surface area contributed by atoms with Crippen LogP contribution in [0, 0.1) is 0 Å². The van der Waals surface area contributed by atoms with Crippen molar-refractivity contribution in [1.29, 1.82) is 0 Å². The van der Waals surface area contributed by atoms with Gasteiger partial charge in [0.2, 0.25) is 0 Å². The molecule has 0 heterocycles. The number of nitrogens with one attached hydrogen (secondary N) is 1. The number of amides is 1. The highest BCUT2D eigenvalue weighted by Gasteiger charge is 2.16. The van der Waals surface area contributed by atoms with E-state index in [1.54, 1.807) is 0 Å². The van der Waals surface area contributed by atoms with Crippen molar-refractivity contribution in [3.8, 4) is 0 Å². The fraction of sp³-hybridized carbons (Fsp3) is 0.273. The molecule has 3 rings (SSSR count). The van der Waals surface area contributed by atoms with Crippen LogP contribution in [0.2, 0.25) is 0 Å². The van der Waals surface area contributed by atoms with Gasteiger partial charge in [0.1, 0.15) is 0 Å². The van der Waals surface area contributed by atoms with Crippen molar-refractivity contribution in [1.82, 2.24) is 0 Å². The van der Waals surface area contributed by atoms with E-state index in [1.807, 2.05) is 49.4 Å². The van der Waals surface area contributed by atoms with Gasteiger partial charge in [0.15, 0.2) is 0 Å². The maximum Gasteiger partial charge on any atom is 0.411 e. The molecule has 1 saturated carbocycles. The van der Waals surface area contributed by atoms with Gasteiger partial charge in [-0.1, -0.05) is 49.4 Å². The zero-order chi connectivity index (χ0) is 18.2. The van der Waals surface area contributed by atoms with Crippen molar-refractivity contribution in [2.24, 2.45) is 4.99 Å². The SMILES string of the molecule is CCCOC(=O)Nc1ccccc1N=C1CCC/C1=C\c1ccccc1. The Hall–Kier alpha value is -2.88. The number of allylic oxidation sites excluding steroid dienone is 1. The summed E-state index contributed by atoms with van der Waals surface area (Å²) in [5.74, 6) is 0. The molecule has 0 unspecified atom stereocenters. The molecule has 2 aromatic carbocycles. The minimum Gasteiger partial charge on any atom is -0.449 e. The molecular formula is C22H24N2O2. The van der Waals surface area contributed by atoms with Crippen molar-refractivity contribution in [2.75, 3.05) is 11.9 Å². The van der Waals surface area contributed by atoms with Crippen LogP contribution in [0.25, 0.3) is 6.08 Å². The first-order valence-corrected chi connectivity index (χ1v) is 9.12. The summed E-state index contributed by atoms with van der Waals surface area (Å²) >= 11 is 0. The summed E-state index contributed by atoms with van der Waals surface area (Å²) in [6.07, 6.45) is 5.65. The van der Waals surface area contributed by atoms with Crippen molar-refractivity contribution in [2.45, 2.75) is 32.6 Å². The molecule has 2 aromatic rings. The summed E-state index contributed by atoms with van der Waals surface area (Å²) in [5.41, 5.74) is 4.97. The van der Waals surface area contributed by atoms with Gasteiger partial charge in [-0.3, -0.25) is 10.3 Å². The Morgan fingerprint density at radius 1 is 1.12 bits per heavy atom. The highest BCUT2D eigenvalue weighted by molar-refractivity contribution is 6.07. The molecule has 4 heteroatoms. The summed E-state index contributed by atoms with van der Waals surface area (Å²) < 4.78 is 5.11. The average molecular weight is 348 g/mol. The lowest BCUT2D eigenvalue weighted by Crippen LogP contribution is -2.14. The van der Waals surface area contributed by atoms with Crippen LogP contribution < -0.4 is 5.32 Å². The summed E-state index contributed by atoms with van der Waals surface area (Å²) in [4.78, 5) is 16.7. The van der Waals surface area contributed by atoms with Crippen LogP contribution in [0.1, 0.15) is 38.2 Å². The highest BCUT2D eigenvalue weighted by Crippen LogP contribution is 2.30. The second-order valence-corrected chi connectivity index (χ2v) is 6.27. The quantitative estimate of drug-likeness (QED) is 0.722. The topological polar surface area (TPSA) is 50.7 Å². The number of hydrogen-bond acceptors (Lipinski definition) is 3. The van der Waals surface area contributed by atoms with Crippen molar-refractivity contribution in [3.05, 3.63) is 65.7 Å². The van der Waals surface area contributed by atoms with Crippen LogP contribution in [-0.4, -0.2) is 18.4 Å². The molecule has 1 N–H and O–H groups in total. The Labute approximate surface area is 154 Å². The fourth-order valence-corrected chi connectivity index (χ4v) is 2.95. The Morgan fingerprint density at radius 2 is 1.88 bits per heavy atom. The normalized spacial score (nSPS) is 16.8. The van der Waals surface area contributed by atoms with Gasteiger partial charge in [-0.15, -0.1) is 0 Å². The number of carbonyl (C=O) groups excluding carboxylic acids is 1. The third kappa shape index (κ3) is 4.82. The smallest absolute Gasteiger partial charge is 0.411 e. The van der Waals surface area contributed by atoms with E-state index in [4.69, 9.17) is 9.73 Å². The molecule has 0 spiro atoms. The molecular weight excluding hydrogens is 324 g/mol. The Morgan fingerprint density at radius 3 is 2.69 bits per heavy atom. The van der Waals surface area contributed by atoms with E-state index in [9.17, 15) is 4.79 Å². The lowest BCUT2D eigenvalue weighted by Gasteiger charge is -2.09. The molecule has 0 saturated heterocycles. The molecule has 26 heavy (non-hydrogen) atoms. The molecule has 4 nitrogen and oxygen atoms in total. The number of para-hydroxylation sites is 2. The minimum atomic E-state index is -0.439. The summed E-state index contributed by atoms with van der Waals surface area (Å²) in [5, 5.41) is 2.80. The van der Waals surface area contributed by atoms with E-state index < -0.39 is 6.09 Å². The zero-order valence-corrected chi connectivity index (χ0v) is 15.1. The first-order valence-electron chi connectivity index (χ1n) is 9.12. The van der Waals surface area contributed by atoms with Gasteiger partial charge in [-0.2, -0.15) is 0 Å². The van der Waals surface area contributed by atoms with E-state index in [2.05, 4.69) is 23.5 Å².